The summed E-state index contributed by atoms with van der Waals surface area (Å²) in [6.07, 6.45) is 6.35. The maximum atomic E-state index is 5.99. The quantitative estimate of drug-likeness (QED) is 0.809. The molecule has 0 spiro atoms. The van der Waals surface area contributed by atoms with Gasteiger partial charge in [-0.15, -0.1) is 0 Å². The minimum atomic E-state index is 0.136. The highest BCUT2D eigenvalue weighted by molar-refractivity contribution is 5.77. The highest BCUT2D eigenvalue weighted by Gasteiger charge is 2.28. The molecule has 0 saturated carbocycles. The molecule has 1 atom stereocenters. The Kier molecular flexibility index (Phi) is 3.49. The van der Waals surface area contributed by atoms with Crippen molar-refractivity contribution in [1.29, 1.82) is 0 Å². The summed E-state index contributed by atoms with van der Waals surface area (Å²) in [6.45, 7) is 2.33. The van der Waals surface area contributed by atoms with Gasteiger partial charge in [-0.2, -0.15) is 0 Å². The van der Waals surface area contributed by atoms with Crippen LogP contribution >= 0.6 is 0 Å². The predicted molar refractivity (Wildman–Crippen MR) is 72.1 cm³/mol. The molecule has 0 bridgehead atoms. The van der Waals surface area contributed by atoms with Crippen LogP contribution in [0.1, 0.15) is 32.1 Å². The second-order valence-corrected chi connectivity index (χ2v) is 5.10. The summed E-state index contributed by atoms with van der Waals surface area (Å²) in [7, 11) is 0. The van der Waals surface area contributed by atoms with Gasteiger partial charge < -0.3 is 4.74 Å². The van der Waals surface area contributed by atoms with E-state index in [1.807, 2.05) is 30.3 Å². The van der Waals surface area contributed by atoms with Gasteiger partial charge in [0, 0.05) is 6.42 Å². The van der Waals surface area contributed by atoms with Crippen molar-refractivity contribution in [3.05, 3.63) is 30.3 Å². The SMILES string of the molecule is c1ccc(OC2CC[N+]3=C(CCCCC3)N2)cc1. The minimum absolute atomic E-state index is 0.136. The van der Waals surface area contributed by atoms with E-state index in [2.05, 4.69) is 9.89 Å². The van der Waals surface area contributed by atoms with Gasteiger partial charge in [0.15, 0.2) is 0 Å². The minimum Gasteiger partial charge on any atom is -0.452 e. The van der Waals surface area contributed by atoms with Crippen molar-refractivity contribution in [2.24, 2.45) is 0 Å². The third-order valence-electron chi connectivity index (χ3n) is 3.73. The van der Waals surface area contributed by atoms with Crippen LogP contribution in [0.15, 0.2) is 30.3 Å². The number of nitrogens with one attached hydrogen (secondary N) is 1. The predicted octanol–water partition coefficient (Wildman–Crippen LogP) is 2.37. The van der Waals surface area contributed by atoms with Crippen LogP contribution in [0.3, 0.4) is 0 Å². The topological polar surface area (TPSA) is 24.3 Å². The van der Waals surface area contributed by atoms with Crippen molar-refractivity contribution < 1.29 is 9.31 Å². The van der Waals surface area contributed by atoms with E-state index in [-0.39, 0.29) is 6.23 Å². The van der Waals surface area contributed by atoms with Crippen LogP contribution in [0.25, 0.3) is 0 Å². The lowest BCUT2D eigenvalue weighted by Crippen LogP contribution is -2.49. The monoisotopic (exact) mass is 245 g/mol. The van der Waals surface area contributed by atoms with Gasteiger partial charge in [-0.05, 0) is 31.4 Å². The number of ether oxygens (including phenoxy) is 1. The summed E-state index contributed by atoms with van der Waals surface area (Å²) in [5.74, 6) is 2.34. The zero-order valence-corrected chi connectivity index (χ0v) is 10.8. The standard InChI is InChI=1S/C15H20N2O/c1-3-7-13(8-4-1)18-15-10-12-17-11-6-2-5-9-14(17)16-15/h1,3-4,7-8,15H,2,5-6,9-12H2/p+1. The van der Waals surface area contributed by atoms with Gasteiger partial charge in [0.1, 0.15) is 5.75 Å². The van der Waals surface area contributed by atoms with Crippen LogP contribution in [0.2, 0.25) is 0 Å². The molecular formula is C15H21N2O+. The van der Waals surface area contributed by atoms with Gasteiger partial charge in [-0.1, -0.05) is 18.2 Å². The molecule has 2 aliphatic heterocycles. The first-order valence-corrected chi connectivity index (χ1v) is 7.01. The van der Waals surface area contributed by atoms with Gasteiger partial charge in [0.25, 0.3) is 0 Å². The summed E-state index contributed by atoms with van der Waals surface area (Å²) in [6, 6.07) is 10.1. The summed E-state index contributed by atoms with van der Waals surface area (Å²) >= 11 is 0. The van der Waals surface area contributed by atoms with Crippen molar-refractivity contribution in [1.82, 2.24) is 5.32 Å². The molecule has 1 aromatic carbocycles. The zero-order valence-electron chi connectivity index (χ0n) is 10.8. The molecule has 0 amide bonds. The normalized spacial score (nSPS) is 23.9. The highest BCUT2D eigenvalue weighted by atomic mass is 16.5. The molecule has 0 aliphatic carbocycles. The fourth-order valence-electron chi connectivity index (χ4n) is 2.76. The van der Waals surface area contributed by atoms with E-state index in [4.69, 9.17) is 4.74 Å². The second-order valence-electron chi connectivity index (χ2n) is 5.10. The first kappa shape index (κ1) is 11.6. The number of rotatable bonds is 2. The summed E-state index contributed by atoms with van der Waals surface area (Å²) in [4.78, 5) is 0. The van der Waals surface area contributed by atoms with Crippen molar-refractivity contribution in [2.75, 3.05) is 13.1 Å². The molecule has 0 fully saturated rings. The highest BCUT2D eigenvalue weighted by Crippen LogP contribution is 2.15. The maximum Gasteiger partial charge on any atom is 0.247 e. The third-order valence-corrected chi connectivity index (χ3v) is 3.73. The Balaban J connectivity index is 1.65. The zero-order chi connectivity index (χ0) is 12.2. The molecule has 0 aromatic heterocycles. The molecule has 3 nitrogen and oxygen atoms in total. The molecule has 1 N–H and O–H groups in total. The number of benzene rings is 1. The van der Waals surface area contributed by atoms with E-state index in [0.29, 0.717) is 0 Å². The van der Waals surface area contributed by atoms with E-state index in [0.717, 1.165) is 18.7 Å². The molecule has 2 heterocycles. The average molecular weight is 245 g/mol. The Morgan fingerprint density at radius 2 is 1.94 bits per heavy atom. The molecule has 3 rings (SSSR count). The van der Waals surface area contributed by atoms with Crippen molar-refractivity contribution in [3.63, 3.8) is 0 Å². The molecule has 0 saturated heterocycles. The van der Waals surface area contributed by atoms with Crippen molar-refractivity contribution in [3.8, 4) is 5.75 Å². The van der Waals surface area contributed by atoms with Crippen LogP contribution in [-0.2, 0) is 0 Å². The van der Waals surface area contributed by atoms with Gasteiger partial charge in [0.05, 0.1) is 19.5 Å². The molecular weight excluding hydrogens is 224 g/mol. The second kappa shape index (κ2) is 5.42. The average Bonchev–Trinajstić information content (AvgIpc) is 2.64. The van der Waals surface area contributed by atoms with E-state index in [1.54, 1.807) is 0 Å². The van der Waals surface area contributed by atoms with Gasteiger partial charge in [-0.3, -0.25) is 4.58 Å². The summed E-state index contributed by atoms with van der Waals surface area (Å²) in [5, 5.41) is 3.56. The lowest BCUT2D eigenvalue weighted by Gasteiger charge is -2.23. The fourth-order valence-corrected chi connectivity index (χ4v) is 2.76. The molecule has 0 radical (unpaired) electrons. The molecule has 96 valence electrons. The van der Waals surface area contributed by atoms with Crippen molar-refractivity contribution >= 4 is 5.84 Å². The Morgan fingerprint density at radius 1 is 1.06 bits per heavy atom. The van der Waals surface area contributed by atoms with E-state index < -0.39 is 0 Å². The molecule has 1 unspecified atom stereocenters. The van der Waals surface area contributed by atoms with Gasteiger partial charge in [-0.25, -0.2) is 5.32 Å². The Bertz CT molecular complexity index is 427. The Hall–Kier alpha value is -1.51. The molecule has 1 aromatic rings. The summed E-state index contributed by atoms with van der Waals surface area (Å²) in [5.41, 5.74) is 0. The number of nitrogens with zero attached hydrogens (tertiary/aromatic N) is 1. The molecule has 2 aliphatic rings. The smallest absolute Gasteiger partial charge is 0.247 e. The van der Waals surface area contributed by atoms with Crippen LogP contribution in [0.4, 0.5) is 0 Å². The lowest BCUT2D eigenvalue weighted by atomic mass is 10.2. The molecule has 18 heavy (non-hydrogen) atoms. The van der Waals surface area contributed by atoms with Crippen molar-refractivity contribution in [2.45, 2.75) is 38.3 Å². The first-order valence-electron chi connectivity index (χ1n) is 7.01. The van der Waals surface area contributed by atoms with Crippen LogP contribution < -0.4 is 10.1 Å². The number of hydrogen-bond donors (Lipinski definition) is 1. The van der Waals surface area contributed by atoms with Crippen LogP contribution in [0, 0.1) is 0 Å². The lowest BCUT2D eigenvalue weighted by molar-refractivity contribution is -0.537. The number of para-hydroxylation sites is 1. The number of hydrogen-bond acceptors (Lipinski definition) is 2. The van der Waals surface area contributed by atoms with Gasteiger partial charge in [0.2, 0.25) is 12.1 Å². The Morgan fingerprint density at radius 3 is 2.83 bits per heavy atom. The van der Waals surface area contributed by atoms with Gasteiger partial charge >= 0.3 is 0 Å². The fraction of sp³-hybridized carbons (Fsp3) is 0.533. The van der Waals surface area contributed by atoms with E-state index >= 15 is 0 Å². The maximum absolute atomic E-state index is 5.99. The van der Waals surface area contributed by atoms with E-state index in [1.165, 1.54) is 38.1 Å². The Labute approximate surface area is 108 Å². The number of amidine groups is 1. The largest absolute Gasteiger partial charge is 0.452 e. The van der Waals surface area contributed by atoms with E-state index in [9.17, 15) is 0 Å². The molecule has 3 heteroatoms. The third kappa shape index (κ3) is 2.66. The van der Waals surface area contributed by atoms with Crippen LogP contribution in [0.5, 0.6) is 5.75 Å². The van der Waals surface area contributed by atoms with Crippen LogP contribution in [-0.4, -0.2) is 29.7 Å². The summed E-state index contributed by atoms with van der Waals surface area (Å²) < 4.78 is 8.48. The first-order chi connectivity index (χ1) is 8.92.